The van der Waals surface area contributed by atoms with E-state index in [0.717, 1.165) is 55.9 Å². The van der Waals surface area contributed by atoms with Crippen molar-refractivity contribution in [2.75, 3.05) is 19.8 Å². The standard InChI is InChI=1S/C21H46O7Si4/c1-9-17-30(7)25-29(5,6)26-31(8,28-32(27-30,18-10-2)19-11-3)20-13-14-23-15-16-24-21(22)12-4/h12H,4,9-11,13-20H2,1-3,5-8H3. The van der Waals surface area contributed by atoms with Gasteiger partial charge in [-0.25, -0.2) is 4.79 Å². The van der Waals surface area contributed by atoms with Crippen molar-refractivity contribution in [3.05, 3.63) is 12.7 Å². The molecule has 0 aliphatic carbocycles. The molecule has 0 radical (unpaired) electrons. The fourth-order valence-electron chi connectivity index (χ4n) is 4.52. The van der Waals surface area contributed by atoms with E-state index in [-0.39, 0.29) is 6.61 Å². The summed E-state index contributed by atoms with van der Waals surface area (Å²) in [5, 5.41) is 0. The second-order valence-corrected chi connectivity index (χ2v) is 23.7. The Labute approximate surface area is 200 Å². The van der Waals surface area contributed by atoms with Crippen LogP contribution in [0.25, 0.3) is 0 Å². The van der Waals surface area contributed by atoms with E-state index >= 15 is 0 Å². The van der Waals surface area contributed by atoms with Crippen molar-refractivity contribution in [2.45, 2.75) is 96.8 Å². The highest BCUT2D eigenvalue weighted by atomic mass is 28.5. The van der Waals surface area contributed by atoms with Crippen molar-refractivity contribution in [3.63, 3.8) is 0 Å². The summed E-state index contributed by atoms with van der Waals surface area (Å²) < 4.78 is 38.3. The SMILES string of the molecule is C=CC(=O)OCCOCCC[Si]1(C)O[Si](C)(C)O[Si](C)(CCC)O[Si](CCC)(CCC)O1. The smallest absolute Gasteiger partial charge is 0.330 e. The van der Waals surface area contributed by atoms with Gasteiger partial charge in [-0.2, -0.15) is 0 Å². The molecule has 1 heterocycles. The molecule has 0 N–H and O–H groups in total. The maximum Gasteiger partial charge on any atom is 0.330 e. The third kappa shape index (κ3) is 10.4. The van der Waals surface area contributed by atoms with Crippen LogP contribution in [-0.2, 0) is 30.7 Å². The Kier molecular flexibility index (Phi) is 12.8. The van der Waals surface area contributed by atoms with E-state index in [1.165, 1.54) is 0 Å². The molecule has 188 valence electrons. The number of ether oxygens (including phenoxy) is 2. The molecule has 1 aliphatic heterocycles. The molecule has 2 atom stereocenters. The monoisotopic (exact) mass is 522 g/mol. The minimum absolute atomic E-state index is 0.234. The first kappa shape index (κ1) is 29.9. The molecule has 0 spiro atoms. The Morgan fingerprint density at radius 2 is 1.31 bits per heavy atom. The van der Waals surface area contributed by atoms with E-state index in [4.69, 9.17) is 25.9 Å². The molecule has 1 rings (SSSR count). The van der Waals surface area contributed by atoms with E-state index in [1.807, 2.05) is 0 Å². The first-order valence-electron chi connectivity index (χ1n) is 12.1. The molecule has 1 aliphatic rings. The molecule has 1 fully saturated rings. The Balaban J connectivity index is 2.89. The number of hydrogen-bond acceptors (Lipinski definition) is 7. The molecule has 0 aromatic carbocycles. The molecule has 0 bridgehead atoms. The van der Waals surface area contributed by atoms with Crippen LogP contribution in [0.4, 0.5) is 0 Å². The van der Waals surface area contributed by atoms with Crippen LogP contribution >= 0.6 is 0 Å². The summed E-state index contributed by atoms with van der Waals surface area (Å²) in [5.41, 5.74) is 0. The zero-order valence-corrected chi connectivity index (χ0v) is 25.4. The summed E-state index contributed by atoms with van der Waals surface area (Å²) >= 11 is 0. The summed E-state index contributed by atoms with van der Waals surface area (Å²) in [7, 11) is -9.74. The summed E-state index contributed by atoms with van der Waals surface area (Å²) in [5.74, 6) is -0.427. The third-order valence-corrected chi connectivity index (χ3v) is 24.3. The number of carbonyl (C=O) groups excluding carboxylic acids is 1. The molecule has 7 nitrogen and oxygen atoms in total. The van der Waals surface area contributed by atoms with Crippen LogP contribution in [0.5, 0.6) is 0 Å². The van der Waals surface area contributed by atoms with Gasteiger partial charge in [0, 0.05) is 12.7 Å². The van der Waals surface area contributed by atoms with E-state index in [9.17, 15) is 4.79 Å². The minimum atomic E-state index is -2.53. The van der Waals surface area contributed by atoms with Crippen molar-refractivity contribution < 1.29 is 30.7 Å². The molecule has 0 aromatic rings. The number of esters is 1. The van der Waals surface area contributed by atoms with Crippen LogP contribution in [-0.4, -0.2) is 60.0 Å². The molecule has 11 heteroatoms. The highest BCUT2D eigenvalue weighted by molar-refractivity contribution is 6.93. The molecule has 32 heavy (non-hydrogen) atoms. The van der Waals surface area contributed by atoms with E-state index < -0.39 is 40.2 Å². The zero-order valence-electron chi connectivity index (χ0n) is 21.4. The van der Waals surface area contributed by atoms with Gasteiger partial charge in [0.15, 0.2) is 0 Å². The van der Waals surface area contributed by atoms with E-state index in [0.29, 0.717) is 13.2 Å². The second-order valence-electron chi connectivity index (χ2n) is 9.32. The molecule has 2 unspecified atom stereocenters. The lowest BCUT2D eigenvalue weighted by atomic mass is 10.5. The fraction of sp³-hybridized carbons (Fsp3) is 0.857. The Morgan fingerprint density at radius 3 is 1.81 bits per heavy atom. The van der Waals surface area contributed by atoms with Gasteiger partial charge in [0.25, 0.3) is 0 Å². The van der Waals surface area contributed by atoms with Gasteiger partial charge in [-0.3, -0.25) is 0 Å². The van der Waals surface area contributed by atoms with Gasteiger partial charge in [-0.05, 0) is 56.8 Å². The Bertz CT molecular complexity index is 586. The minimum Gasteiger partial charge on any atom is -0.460 e. The van der Waals surface area contributed by atoms with Crippen molar-refractivity contribution >= 4 is 40.2 Å². The Hall–Kier alpha value is -0.122. The lowest BCUT2D eigenvalue weighted by Crippen LogP contribution is -2.67. The quantitative estimate of drug-likeness (QED) is 0.125. The highest BCUT2D eigenvalue weighted by Gasteiger charge is 2.56. The first-order valence-corrected chi connectivity index (χ1v) is 22.2. The van der Waals surface area contributed by atoms with E-state index in [2.05, 4.69) is 53.5 Å². The normalized spacial score (nSPS) is 27.3. The molecule has 1 saturated heterocycles. The van der Waals surface area contributed by atoms with Gasteiger partial charge in [-0.15, -0.1) is 0 Å². The van der Waals surface area contributed by atoms with Crippen LogP contribution in [0.15, 0.2) is 12.7 Å². The molecular formula is C21H46O7Si4. The number of carbonyl (C=O) groups is 1. The predicted molar refractivity (Wildman–Crippen MR) is 138 cm³/mol. The second kappa shape index (κ2) is 13.7. The zero-order chi connectivity index (χ0) is 24.3. The molecule has 0 amide bonds. The average Bonchev–Trinajstić information content (AvgIpc) is 2.65. The van der Waals surface area contributed by atoms with Gasteiger partial charge in [0.1, 0.15) is 6.61 Å². The van der Waals surface area contributed by atoms with Crippen LogP contribution < -0.4 is 0 Å². The lowest BCUT2D eigenvalue weighted by molar-refractivity contribution is -0.139. The first-order chi connectivity index (χ1) is 15.0. The highest BCUT2D eigenvalue weighted by Crippen LogP contribution is 2.39. The van der Waals surface area contributed by atoms with E-state index in [1.54, 1.807) is 0 Å². The lowest BCUT2D eigenvalue weighted by Gasteiger charge is -2.50. The van der Waals surface area contributed by atoms with Crippen molar-refractivity contribution in [3.8, 4) is 0 Å². The summed E-state index contributed by atoms with van der Waals surface area (Å²) in [4.78, 5) is 11.1. The number of rotatable bonds is 14. The van der Waals surface area contributed by atoms with Gasteiger partial charge in [-0.1, -0.05) is 46.6 Å². The largest absolute Gasteiger partial charge is 0.460 e. The molecule has 0 aromatic heterocycles. The third-order valence-electron chi connectivity index (χ3n) is 5.25. The predicted octanol–water partition coefficient (Wildman–Crippen LogP) is 5.72. The fourth-order valence-corrected chi connectivity index (χ4v) is 28.0. The van der Waals surface area contributed by atoms with Crippen molar-refractivity contribution in [1.29, 1.82) is 0 Å². The van der Waals surface area contributed by atoms with Crippen LogP contribution in [0.2, 0.25) is 50.4 Å². The van der Waals surface area contributed by atoms with Gasteiger partial charge < -0.3 is 25.9 Å². The van der Waals surface area contributed by atoms with Crippen LogP contribution in [0, 0.1) is 0 Å². The maximum atomic E-state index is 11.1. The van der Waals surface area contributed by atoms with Gasteiger partial charge >= 0.3 is 40.2 Å². The van der Waals surface area contributed by atoms with Crippen LogP contribution in [0.1, 0.15) is 46.5 Å². The van der Waals surface area contributed by atoms with Crippen molar-refractivity contribution in [1.82, 2.24) is 0 Å². The molecular weight excluding hydrogens is 477 g/mol. The van der Waals surface area contributed by atoms with Gasteiger partial charge in [0.05, 0.1) is 6.61 Å². The topological polar surface area (TPSA) is 72.5 Å². The summed E-state index contributed by atoms with van der Waals surface area (Å²) in [6, 6.07) is 3.77. The van der Waals surface area contributed by atoms with Crippen molar-refractivity contribution in [2.24, 2.45) is 0 Å². The summed E-state index contributed by atoms with van der Waals surface area (Å²) in [6.07, 6.45) is 5.11. The maximum absolute atomic E-state index is 11.1. The van der Waals surface area contributed by atoms with Crippen LogP contribution in [0.3, 0.4) is 0 Å². The summed E-state index contributed by atoms with van der Waals surface area (Å²) in [6.45, 7) is 19.8. The Morgan fingerprint density at radius 1 is 0.781 bits per heavy atom. The molecule has 0 saturated carbocycles. The average molecular weight is 523 g/mol. The van der Waals surface area contributed by atoms with Gasteiger partial charge in [0.2, 0.25) is 0 Å². The number of hydrogen-bond donors (Lipinski definition) is 0.